The van der Waals surface area contributed by atoms with Crippen LogP contribution in [0.15, 0.2) is 35.9 Å². The predicted octanol–water partition coefficient (Wildman–Crippen LogP) is 3.02. The van der Waals surface area contributed by atoms with Gasteiger partial charge < -0.3 is 45.4 Å². The lowest BCUT2D eigenvalue weighted by molar-refractivity contribution is -0.161. The summed E-state index contributed by atoms with van der Waals surface area (Å²) in [6.45, 7) is 16.7. The van der Waals surface area contributed by atoms with Crippen molar-refractivity contribution in [3.63, 3.8) is 0 Å². The molecule has 336 valence electrons. The molecule has 16 heteroatoms. The number of phenolic OH excluding ortho intramolecular Hbond substituents is 1. The number of nitrogens with zero attached hydrogens (tertiary/aromatic N) is 2. The Morgan fingerprint density at radius 3 is 1.95 bits per heavy atom. The quantitative estimate of drug-likeness (QED) is 0.240. The summed E-state index contributed by atoms with van der Waals surface area (Å²) in [7, 11) is 2.78. The van der Waals surface area contributed by atoms with E-state index in [1.807, 2.05) is 34.6 Å². The lowest BCUT2D eigenvalue weighted by atomic mass is 9.86. The Bertz CT molecular complexity index is 1680. The molecule has 0 aliphatic carbocycles. The molecule has 1 unspecified atom stereocenters. The minimum Gasteiger partial charge on any atom is -0.508 e. The maximum Gasteiger partial charge on any atom is 0.334 e. The van der Waals surface area contributed by atoms with Crippen LogP contribution in [0.1, 0.15) is 100 Å². The van der Waals surface area contributed by atoms with Gasteiger partial charge in [0.15, 0.2) is 6.10 Å². The number of rotatable bonds is 8. The van der Waals surface area contributed by atoms with E-state index in [4.69, 9.17) is 9.47 Å². The van der Waals surface area contributed by atoms with Gasteiger partial charge in [-0.05, 0) is 69.1 Å². The predicted molar refractivity (Wildman–Crippen MR) is 225 cm³/mol. The van der Waals surface area contributed by atoms with Crippen LogP contribution < -0.4 is 16.0 Å². The van der Waals surface area contributed by atoms with Crippen LogP contribution >= 0.6 is 0 Å². The summed E-state index contributed by atoms with van der Waals surface area (Å²) in [5.74, 6) is -6.13. The summed E-state index contributed by atoms with van der Waals surface area (Å²) in [6, 6.07) is 1.46. The first-order valence-corrected chi connectivity index (χ1v) is 21.0. The number of carbonyl (C=O) groups excluding carboxylic acids is 7. The SMILES string of the molecule is CCC(C)[C@@H]1NC(=O)CN(C)C(=O)[C@@H](Cc2ccc(O)cc2)N(C)C(=O)[C@H](C)NC(=O)[C@@H](CC(C)C)OC(=O)/C(C)=C/C[C@H](O)[C@H](C)[C@@H]([C@@H](C)CC)OC(=O)[C@@H](C)NC1=O. The van der Waals surface area contributed by atoms with Crippen molar-refractivity contribution in [1.82, 2.24) is 25.8 Å². The Balaban J connectivity index is 2.62. The lowest BCUT2D eigenvalue weighted by Crippen LogP contribution is -2.57. The molecule has 0 aromatic heterocycles. The van der Waals surface area contributed by atoms with Crippen molar-refractivity contribution in [1.29, 1.82) is 0 Å². The van der Waals surface area contributed by atoms with Crippen molar-refractivity contribution in [3.8, 4) is 5.75 Å². The van der Waals surface area contributed by atoms with Crippen LogP contribution in [0.2, 0.25) is 0 Å². The van der Waals surface area contributed by atoms with Crippen LogP contribution in [0, 0.1) is 23.7 Å². The van der Waals surface area contributed by atoms with Gasteiger partial charge in [-0.2, -0.15) is 0 Å². The van der Waals surface area contributed by atoms with Crippen LogP contribution in [0.4, 0.5) is 0 Å². The van der Waals surface area contributed by atoms with Crippen molar-refractivity contribution in [2.24, 2.45) is 23.7 Å². The van der Waals surface area contributed by atoms with Gasteiger partial charge in [0.1, 0.15) is 36.0 Å². The topological polar surface area (TPSA) is 221 Å². The van der Waals surface area contributed by atoms with Crippen molar-refractivity contribution in [2.45, 2.75) is 144 Å². The largest absolute Gasteiger partial charge is 0.508 e. The fourth-order valence-electron chi connectivity index (χ4n) is 6.79. The highest BCUT2D eigenvalue weighted by molar-refractivity contribution is 5.96. The molecule has 0 radical (unpaired) electrons. The molecular weight excluding hydrogens is 775 g/mol. The number of nitrogens with one attached hydrogen (secondary N) is 3. The molecule has 1 aliphatic heterocycles. The van der Waals surface area contributed by atoms with Crippen LogP contribution in [-0.4, -0.2) is 125 Å². The van der Waals surface area contributed by atoms with Gasteiger partial charge in [0.2, 0.25) is 23.6 Å². The number of aliphatic hydroxyl groups excluding tert-OH is 1. The summed E-state index contributed by atoms with van der Waals surface area (Å²) < 4.78 is 11.6. The van der Waals surface area contributed by atoms with Crippen LogP contribution in [0.25, 0.3) is 0 Å². The van der Waals surface area contributed by atoms with Crippen molar-refractivity contribution in [2.75, 3.05) is 20.6 Å². The number of carbonyl (C=O) groups is 7. The first-order valence-electron chi connectivity index (χ1n) is 21.0. The van der Waals surface area contributed by atoms with Gasteiger partial charge in [0.25, 0.3) is 5.91 Å². The second kappa shape index (κ2) is 23.7. The number of cyclic esters (lactones) is 2. The van der Waals surface area contributed by atoms with Gasteiger partial charge in [-0.15, -0.1) is 0 Å². The van der Waals surface area contributed by atoms with Crippen LogP contribution in [0.3, 0.4) is 0 Å². The fraction of sp³-hybridized carbons (Fsp3) is 0.659. The first kappa shape index (κ1) is 51.2. The Morgan fingerprint density at radius 2 is 1.38 bits per heavy atom. The normalized spacial score (nSPS) is 28.8. The molecule has 2 rings (SSSR count). The fourth-order valence-corrected chi connectivity index (χ4v) is 6.79. The number of phenols is 1. The number of amides is 5. The molecule has 5 amide bonds. The maximum absolute atomic E-state index is 14.2. The third-order valence-electron chi connectivity index (χ3n) is 11.3. The van der Waals surface area contributed by atoms with E-state index < -0.39 is 96.4 Å². The van der Waals surface area contributed by atoms with E-state index >= 15 is 0 Å². The molecule has 0 saturated carbocycles. The average molecular weight is 844 g/mol. The summed E-state index contributed by atoms with van der Waals surface area (Å²) in [5, 5.41) is 29.1. The highest BCUT2D eigenvalue weighted by atomic mass is 16.6. The van der Waals surface area contributed by atoms with Gasteiger partial charge in [-0.25, -0.2) is 9.59 Å². The van der Waals surface area contributed by atoms with Gasteiger partial charge >= 0.3 is 11.9 Å². The number of esters is 2. The Hall–Kier alpha value is -4.99. The maximum atomic E-state index is 14.2. The van der Waals surface area contributed by atoms with E-state index in [9.17, 15) is 43.8 Å². The van der Waals surface area contributed by atoms with Crippen LogP contribution in [-0.2, 0) is 49.5 Å². The Labute approximate surface area is 355 Å². The molecule has 0 spiro atoms. The van der Waals surface area contributed by atoms with E-state index in [1.165, 1.54) is 58.0 Å². The molecular formula is C44H69N5O11. The zero-order chi connectivity index (χ0) is 45.6. The summed E-state index contributed by atoms with van der Waals surface area (Å²) in [4.78, 5) is 98.0. The molecule has 1 aromatic rings. The molecule has 16 nitrogen and oxygen atoms in total. The number of hydrogen-bond acceptors (Lipinski definition) is 11. The smallest absolute Gasteiger partial charge is 0.334 e. The molecule has 1 heterocycles. The van der Waals surface area contributed by atoms with E-state index in [0.717, 1.165) is 4.90 Å². The molecule has 10 atom stereocenters. The zero-order valence-corrected chi connectivity index (χ0v) is 37.4. The van der Waals surface area contributed by atoms with Gasteiger partial charge in [-0.1, -0.05) is 79.5 Å². The first-order chi connectivity index (χ1) is 28.0. The second-order valence-electron chi connectivity index (χ2n) is 16.8. The van der Waals surface area contributed by atoms with Gasteiger partial charge in [-0.3, -0.25) is 24.0 Å². The van der Waals surface area contributed by atoms with Gasteiger partial charge in [0, 0.05) is 32.0 Å². The highest BCUT2D eigenvalue weighted by Crippen LogP contribution is 2.26. The monoisotopic (exact) mass is 843 g/mol. The average Bonchev–Trinajstić information content (AvgIpc) is 3.20. The lowest BCUT2D eigenvalue weighted by Gasteiger charge is -2.33. The van der Waals surface area contributed by atoms with E-state index in [2.05, 4.69) is 16.0 Å². The van der Waals surface area contributed by atoms with E-state index in [1.54, 1.807) is 26.0 Å². The minimum atomic E-state index is -1.28. The van der Waals surface area contributed by atoms with Gasteiger partial charge in [0.05, 0.1) is 12.6 Å². The minimum absolute atomic E-state index is 0.00426. The molecule has 5 N–H and O–H groups in total. The zero-order valence-electron chi connectivity index (χ0n) is 37.4. The number of benzene rings is 1. The third-order valence-corrected chi connectivity index (χ3v) is 11.3. The Morgan fingerprint density at radius 1 is 0.800 bits per heavy atom. The Kier molecular flexibility index (Phi) is 20.2. The standard InChI is InChI=1S/C44H69N5O11/c1-13-25(5)37-40(54)46-30(10)44(58)60-38(26(6)14-2)28(8)34(51)20-15-27(7)43(57)59-35(21-24(3)4)39(53)45-29(9)41(55)49(12)33(22-31-16-18-32(50)19-17-31)42(56)48(11)23-36(52)47-37/h15-19,24-26,28-30,33-35,37-38,50-51H,13-14,20-23H2,1-12H3,(H,45,53)(H,46,54)(H,47,52)/b27-15+/t25?,26-,28-,29-,30+,33+,34-,35+,37-,38+/m0/s1. The number of hydrogen-bond donors (Lipinski definition) is 5. The van der Waals surface area contributed by atoms with Crippen molar-refractivity contribution < 1.29 is 53.2 Å². The number of likely N-dealkylation sites (N-methyl/N-ethyl adjacent to an activating group) is 2. The van der Waals surface area contributed by atoms with E-state index in [0.29, 0.717) is 18.4 Å². The molecule has 0 saturated heterocycles. The number of aromatic hydroxyl groups is 1. The second-order valence-corrected chi connectivity index (χ2v) is 16.8. The molecule has 1 aliphatic rings. The number of aliphatic hydroxyl groups is 1. The third kappa shape index (κ3) is 14.9. The molecule has 1 aromatic carbocycles. The van der Waals surface area contributed by atoms with Crippen molar-refractivity contribution >= 4 is 41.5 Å². The molecule has 0 bridgehead atoms. The van der Waals surface area contributed by atoms with E-state index in [-0.39, 0.29) is 48.3 Å². The molecule has 60 heavy (non-hydrogen) atoms. The van der Waals surface area contributed by atoms with Crippen molar-refractivity contribution in [3.05, 3.63) is 41.5 Å². The molecule has 0 fully saturated rings. The highest BCUT2D eigenvalue weighted by Gasteiger charge is 2.37. The number of ether oxygens (including phenoxy) is 2. The van der Waals surface area contributed by atoms with Crippen LogP contribution in [0.5, 0.6) is 5.75 Å². The summed E-state index contributed by atoms with van der Waals surface area (Å²) >= 11 is 0. The summed E-state index contributed by atoms with van der Waals surface area (Å²) in [6.07, 6.45) is -0.427. The summed E-state index contributed by atoms with van der Waals surface area (Å²) in [5.41, 5.74) is 0.718.